The van der Waals surface area contributed by atoms with Crippen LogP contribution in [0.5, 0.6) is 0 Å². The van der Waals surface area contributed by atoms with Crippen LogP contribution < -0.4 is 11.1 Å². The Bertz CT molecular complexity index is 1310. The first-order valence-electron chi connectivity index (χ1n) is 11.1. The van der Waals surface area contributed by atoms with Gasteiger partial charge in [0.1, 0.15) is 11.7 Å². The first-order valence-corrected chi connectivity index (χ1v) is 11.1. The second-order valence-electron chi connectivity index (χ2n) is 7.54. The summed E-state index contributed by atoms with van der Waals surface area (Å²) in [6.07, 6.45) is 1.75. The summed E-state index contributed by atoms with van der Waals surface area (Å²) < 4.78 is 1.55. The molecule has 0 bridgehead atoms. The van der Waals surface area contributed by atoms with Crippen molar-refractivity contribution in [1.29, 1.82) is 0 Å². The molecule has 1 atom stereocenters. The lowest BCUT2D eigenvalue weighted by Crippen LogP contribution is -2.47. The Hall–Kier alpha value is -4.26. The van der Waals surface area contributed by atoms with Crippen LogP contribution >= 0.6 is 0 Å². The van der Waals surface area contributed by atoms with E-state index >= 15 is 0 Å². The van der Waals surface area contributed by atoms with E-state index in [0.29, 0.717) is 11.3 Å². The lowest BCUT2D eigenvalue weighted by atomic mass is 9.99. The first kappa shape index (κ1) is 24.4. The number of aryl methyl sites for hydroxylation is 1. The number of benzene rings is 3. The largest absolute Gasteiger partial charge is 0.363 e. The average molecular weight is 457 g/mol. The molecule has 4 rings (SSSR count). The monoisotopic (exact) mass is 456 g/mol. The van der Waals surface area contributed by atoms with Gasteiger partial charge in [-0.3, -0.25) is 19.1 Å². The van der Waals surface area contributed by atoms with Gasteiger partial charge in [0.05, 0.1) is 5.56 Å². The number of primary amides is 1. The summed E-state index contributed by atoms with van der Waals surface area (Å²) in [7, 11) is 1.72. The van der Waals surface area contributed by atoms with Crippen molar-refractivity contribution in [2.75, 3.05) is 0 Å². The molecule has 1 heterocycles. The van der Waals surface area contributed by atoms with E-state index in [1.807, 2.05) is 86.6 Å². The summed E-state index contributed by atoms with van der Waals surface area (Å²) in [5.74, 6) is -2.44. The zero-order chi connectivity index (χ0) is 24.7. The molecule has 7 heteroatoms. The molecule has 3 N–H and O–H groups in total. The molecule has 174 valence electrons. The van der Waals surface area contributed by atoms with Crippen LogP contribution in [0.15, 0.2) is 79.0 Å². The zero-order valence-corrected chi connectivity index (χ0v) is 19.5. The third-order valence-corrected chi connectivity index (χ3v) is 5.27. The maximum Gasteiger partial charge on any atom is 0.287 e. The molecular weight excluding hydrogens is 428 g/mol. The minimum atomic E-state index is -1.09. The highest BCUT2D eigenvalue weighted by atomic mass is 16.2. The summed E-state index contributed by atoms with van der Waals surface area (Å²) in [6.45, 7) is 4.00. The van der Waals surface area contributed by atoms with Gasteiger partial charge in [0.2, 0.25) is 5.78 Å². The van der Waals surface area contributed by atoms with Crippen LogP contribution in [-0.4, -0.2) is 33.4 Å². The number of aromatic nitrogens is 2. The van der Waals surface area contributed by atoms with E-state index < -0.39 is 23.6 Å². The molecule has 0 aliphatic rings. The number of ketones is 1. The Kier molecular flexibility index (Phi) is 7.92. The average Bonchev–Trinajstić information content (AvgIpc) is 3.26. The van der Waals surface area contributed by atoms with Crippen LogP contribution in [0.3, 0.4) is 0 Å². The highest BCUT2D eigenvalue weighted by Gasteiger charge is 2.28. The Balaban J connectivity index is 0.00000158. The van der Waals surface area contributed by atoms with E-state index in [9.17, 15) is 14.4 Å². The Labute approximate surface area is 198 Å². The van der Waals surface area contributed by atoms with Gasteiger partial charge in [0, 0.05) is 25.2 Å². The van der Waals surface area contributed by atoms with Crippen LogP contribution in [0.2, 0.25) is 0 Å². The topological polar surface area (TPSA) is 107 Å². The van der Waals surface area contributed by atoms with Crippen molar-refractivity contribution in [3.63, 3.8) is 0 Å². The van der Waals surface area contributed by atoms with Gasteiger partial charge in [-0.25, -0.2) is 0 Å². The van der Waals surface area contributed by atoms with Crippen molar-refractivity contribution in [2.45, 2.75) is 26.3 Å². The molecular formula is C27H28N4O3. The third kappa shape index (κ3) is 5.38. The zero-order valence-electron chi connectivity index (χ0n) is 19.5. The predicted octanol–water partition coefficient (Wildman–Crippen LogP) is 3.66. The predicted molar refractivity (Wildman–Crippen MR) is 133 cm³/mol. The fraction of sp³-hybridized carbons (Fsp3) is 0.185. The molecule has 0 aliphatic carbocycles. The Morgan fingerprint density at radius 2 is 1.59 bits per heavy atom. The van der Waals surface area contributed by atoms with E-state index in [2.05, 4.69) is 10.4 Å². The van der Waals surface area contributed by atoms with Crippen molar-refractivity contribution in [2.24, 2.45) is 12.8 Å². The molecule has 1 unspecified atom stereocenters. The number of Topliss-reactive ketones (excluding diaryl/α,β-unsaturated/α-hetero) is 1. The number of rotatable bonds is 7. The summed E-state index contributed by atoms with van der Waals surface area (Å²) in [5, 5.41) is 9.17. The molecule has 34 heavy (non-hydrogen) atoms. The van der Waals surface area contributed by atoms with Crippen molar-refractivity contribution < 1.29 is 14.4 Å². The lowest BCUT2D eigenvalue weighted by Gasteiger charge is -2.16. The molecule has 0 fully saturated rings. The molecule has 0 saturated heterocycles. The van der Waals surface area contributed by atoms with Gasteiger partial charge < -0.3 is 11.1 Å². The Morgan fingerprint density at radius 3 is 2.29 bits per heavy atom. The second kappa shape index (κ2) is 11.0. The van der Waals surface area contributed by atoms with E-state index in [-0.39, 0.29) is 6.42 Å². The van der Waals surface area contributed by atoms with Crippen molar-refractivity contribution in [3.8, 4) is 11.3 Å². The van der Waals surface area contributed by atoms with Gasteiger partial charge in [-0.15, -0.1) is 0 Å². The van der Waals surface area contributed by atoms with Gasteiger partial charge in [0.25, 0.3) is 11.8 Å². The number of hydrogen-bond donors (Lipinski definition) is 2. The van der Waals surface area contributed by atoms with Gasteiger partial charge in [-0.2, -0.15) is 5.10 Å². The lowest BCUT2D eigenvalue weighted by molar-refractivity contribution is -0.137. The number of nitrogens with one attached hydrogen (secondary N) is 1. The van der Waals surface area contributed by atoms with E-state index in [0.717, 1.165) is 21.9 Å². The molecule has 2 amide bonds. The van der Waals surface area contributed by atoms with Crippen LogP contribution in [0.1, 0.15) is 29.8 Å². The maximum absolute atomic E-state index is 13.2. The Morgan fingerprint density at radius 1 is 0.941 bits per heavy atom. The standard InChI is InChI=1S/C25H22N4O3.C2H6/c1-29-15-20(22(28-29)19-13-7-11-17-10-5-6-12-18(17)19)25(32)27-21(23(30)24(26)31)14-16-8-3-2-4-9-16;1-2/h2-13,15,21H,14H2,1H3,(H2,26,31)(H,27,32);1-2H3. The molecule has 7 nitrogen and oxygen atoms in total. The number of nitrogens with two attached hydrogens (primary N) is 1. The summed E-state index contributed by atoms with van der Waals surface area (Å²) in [6, 6.07) is 21.7. The van der Waals surface area contributed by atoms with Crippen molar-refractivity contribution in [1.82, 2.24) is 15.1 Å². The smallest absolute Gasteiger partial charge is 0.287 e. The van der Waals surface area contributed by atoms with Gasteiger partial charge in [-0.1, -0.05) is 86.6 Å². The number of fused-ring (bicyclic) bond motifs is 1. The van der Waals surface area contributed by atoms with Gasteiger partial charge in [0.15, 0.2) is 0 Å². The normalized spacial score (nSPS) is 11.3. The second-order valence-corrected chi connectivity index (χ2v) is 7.54. The fourth-order valence-electron chi connectivity index (χ4n) is 3.75. The molecule has 0 radical (unpaired) electrons. The SMILES string of the molecule is CC.Cn1cc(C(=O)NC(Cc2ccccc2)C(=O)C(N)=O)c(-c2cccc3ccccc23)n1. The van der Waals surface area contributed by atoms with Crippen molar-refractivity contribution >= 4 is 28.4 Å². The highest BCUT2D eigenvalue weighted by molar-refractivity contribution is 6.38. The maximum atomic E-state index is 13.2. The first-order chi connectivity index (χ1) is 16.4. The molecule has 1 aromatic heterocycles. The number of carbonyl (C=O) groups is 3. The van der Waals surface area contributed by atoms with Crippen LogP contribution in [0.4, 0.5) is 0 Å². The summed E-state index contributed by atoms with van der Waals surface area (Å²) >= 11 is 0. The van der Waals surface area contributed by atoms with Crippen LogP contribution in [-0.2, 0) is 23.1 Å². The molecule has 0 saturated carbocycles. The van der Waals surface area contributed by atoms with E-state index in [1.54, 1.807) is 17.9 Å². The number of nitrogens with zero attached hydrogens (tertiary/aromatic N) is 2. The summed E-state index contributed by atoms with van der Waals surface area (Å²) in [5.41, 5.74) is 7.63. The van der Waals surface area contributed by atoms with Crippen molar-refractivity contribution in [3.05, 3.63) is 90.1 Å². The number of hydrogen-bond acceptors (Lipinski definition) is 4. The quantitative estimate of drug-likeness (QED) is 0.414. The molecule has 3 aromatic carbocycles. The third-order valence-electron chi connectivity index (χ3n) is 5.27. The minimum Gasteiger partial charge on any atom is -0.363 e. The van der Waals surface area contributed by atoms with E-state index in [4.69, 9.17) is 5.73 Å². The highest BCUT2D eigenvalue weighted by Crippen LogP contribution is 2.30. The van der Waals surface area contributed by atoms with Gasteiger partial charge >= 0.3 is 0 Å². The number of carbonyl (C=O) groups excluding carboxylic acids is 3. The fourth-order valence-corrected chi connectivity index (χ4v) is 3.75. The minimum absolute atomic E-state index is 0.151. The van der Waals surface area contributed by atoms with Crippen LogP contribution in [0, 0.1) is 0 Å². The van der Waals surface area contributed by atoms with Crippen LogP contribution in [0.25, 0.3) is 22.0 Å². The molecule has 4 aromatic rings. The molecule has 0 spiro atoms. The van der Waals surface area contributed by atoms with E-state index in [1.165, 1.54) is 0 Å². The number of amides is 2. The van der Waals surface area contributed by atoms with Gasteiger partial charge in [-0.05, 0) is 16.3 Å². The summed E-state index contributed by atoms with van der Waals surface area (Å²) in [4.78, 5) is 37.3. The molecule has 0 aliphatic heterocycles.